The Kier molecular flexibility index (Phi) is 2.26. The molecule has 0 saturated heterocycles. The van der Waals surface area contributed by atoms with E-state index in [1.807, 2.05) is 12.4 Å². The summed E-state index contributed by atoms with van der Waals surface area (Å²) in [6, 6.07) is 0. The number of hydrogen-bond donors (Lipinski definition) is 1. The number of aromatic amines is 1. The Morgan fingerprint density at radius 1 is 1.07 bits per heavy atom. The van der Waals surface area contributed by atoms with Crippen molar-refractivity contribution in [2.75, 3.05) is 0 Å². The molecule has 0 saturated carbocycles. The zero-order valence-electron chi connectivity index (χ0n) is 9.15. The fourth-order valence-corrected chi connectivity index (χ4v) is 1.23. The van der Waals surface area contributed by atoms with Gasteiger partial charge in [-0.05, 0) is 11.0 Å². The molecular weight excluding hydrogens is 188 g/mol. The zero-order chi connectivity index (χ0) is 10.9. The highest BCUT2D eigenvalue weighted by Crippen LogP contribution is 2.21. The minimum Gasteiger partial charge on any atom is -0.342 e. The van der Waals surface area contributed by atoms with Gasteiger partial charge in [0.15, 0.2) is 11.6 Å². The van der Waals surface area contributed by atoms with Crippen molar-refractivity contribution in [1.29, 1.82) is 0 Å². The Labute approximate surface area is 88.8 Å². The molecule has 0 aliphatic heterocycles. The Morgan fingerprint density at radius 2 is 1.73 bits per heavy atom. The summed E-state index contributed by atoms with van der Waals surface area (Å²) in [6.07, 6.45) is 7.16. The standard InChI is InChI=1S/C11H14N4/c1-11(2,3)8-6-14-10(15-7-8)9-12-4-5-13-9/h4-7H,1-3H3,(H,12,13). The van der Waals surface area contributed by atoms with Crippen LogP contribution in [0.15, 0.2) is 24.8 Å². The predicted octanol–water partition coefficient (Wildman–Crippen LogP) is 2.16. The highest BCUT2D eigenvalue weighted by Gasteiger charge is 2.14. The van der Waals surface area contributed by atoms with Crippen LogP contribution in [-0.4, -0.2) is 19.9 Å². The van der Waals surface area contributed by atoms with Gasteiger partial charge in [0, 0.05) is 24.8 Å². The lowest BCUT2D eigenvalue weighted by Crippen LogP contribution is -2.12. The van der Waals surface area contributed by atoms with Crippen molar-refractivity contribution in [3.63, 3.8) is 0 Å². The average molecular weight is 202 g/mol. The van der Waals surface area contributed by atoms with Crippen LogP contribution in [0.4, 0.5) is 0 Å². The second-order valence-electron chi connectivity index (χ2n) is 4.48. The summed E-state index contributed by atoms with van der Waals surface area (Å²) in [5.74, 6) is 1.34. The van der Waals surface area contributed by atoms with E-state index in [1.54, 1.807) is 12.4 Å². The Morgan fingerprint density at radius 3 is 2.20 bits per heavy atom. The number of rotatable bonds is 1. The fourth-order valence-electron chi connectivity index (χ4n) is 1.23. The average Bonchev–Trinajstić information content (AvgIpc) is 2.69. The van der Waals surface area contributed by atoms with Crippen molar-refractivity contribution in [3.8, 4) is 11.6 Å². The molecule has 0 atom stereocenters. The Bertz CT molecular complexity index is 423. The molecule has 4 heteroatoms. The SMILES string of the molecule is CC(C)(C)c1cnc(-c2ncc[nH]2)nc1. The van der Waals surface area contributed by atoms with E-state index in [4.69, 9.17) is 0 Å². The summed E-state index contributed by atoms with van der Waals surface area (Å²) in [4.78, 5) is 15.6. The molecule has 2 aromatic rings. The molecule has 0 unspecified atom stereocenters. The van der Waals surface area contributed by atoms with E-state index in [9.17, 15) is 0 Å². The van der Waals surface area contributed by atoms with Gasteiger partial charge >= 0.3 is 0 Å². The third kappa shape index (κ3) is 2.03. The molecule has 2 heterocycles. The van der Waals surface area contributed by atoms with Gasteiger partial charge in [-0.25, -0.2) is 15.0 Å². The summed E-state index contributed by atoms with van der Waals surface area (Å²) < 4.78 is 0. The summed E-state index contributed by atoms with van der Waals surface area (Å²) in [6.45, 7) is 6.41. The van der Waals surface area contributed by atoms with Crippen LogP contribution >= 0.6 is 0 Å². The molecule has 78 valence electrons. The van der Waals surface area contributed by atoms with Crippen LogP contribution in [0.3, 0.4) is 0 Å². The Hall–Kier alpha value is -1.71. The normalized spacial score (nSPS) is 11.7. The molecule has 15 heavy (non-hydrogen) atoms. The molecule has 1 N–H and O–H groups in total. The first-order valence-corrected chi connectivity index (χ1v) is 4.89. The minimum atomic E-state index is 0.0850. The van der Waals surface area contributed by atoms with Gasteiger partial charge in [0.25, 0.3) is 0 Å². The molecular formula is C11H14N4. The van der Waals surface area contributed by atoms with Crippen LogP contribution in [-0.2, 0) is 5.41 Å². The van der Waals surface area contributed by atoms with Crippen LogP contribution in [0.1, 0.15) is 26.3 Å². The van der Waals surface area contributed by atoms with Gasteiger partial charge in [-0.2, -0.15) is 0 Å². The predicted molar refractivity (Wildman–Crippen MR) is 58.3 cm³/mol. The van der Waals surface area contributed by atoms with E-state index in [0.29, 0.717) is 11.6 Å². The lowest BCUT2D eigenvalue weighted by atomic mass is 9.89. The van der Waals surface area contributed by atoms with Crippen molar-refractivity contribution in [3.05, 3.63) is 30.4 Å². The molecule has 0 radical (unpaired) electrons. The first-order chi connectivity index (χ1) is 7.07. The van der Waals surface area contributed by atoms with Crippen molar-refractivity contribution in [2.24, 2.45) is 0 Å². The molecule has 4 nitrogen and oxygen atoms in total. The summed E-state index contributed by atoms with van der Waals surface area (Å²) in [7, 11) is 0. The number of imidazole rings is 1. The molecule has 2 aromatic heterocycles. The highest BCUT2D eigenvalue weighted by atomic mass is 15.0. The third-order valence-corrected chi connectivity index (χ3v) is 2.23. The molecule has 0 spiro atoms. The van der Waals surface area contributed by atoms with E-state index >= 15 is 0 Å². The number of nitrogens with one attached hydrogen (secondary N) is 1. The lowest BCUT2D eigenvalue weighted by molar-refractivity contribution is 0.584. The van der Waals surface area contributed by atoms with E-state index in [1.165, 1.54) is 0 Å². The largest absolute Gasteiger partial charge is 0.342 e. The van der Waals surface area contributed by atoms with E-state index in [0.717, 1.165) is 5.56 Å². The van der Waals surface area contributed by atoms with Crippen LogP contribution in [0.2, 0.25) is 0 Å². The van der Waals surface area contributed by atoms with Gasteiger partial charge in [-0.1, -0.05) is 20.8 Å². The van der Waals surface area contributed by atoms with Crippen molar-refractivity contribution < 1.29 is 0 Å². The van der Waals surface area contributed by atoms with Gasteiger partial charge in [-0.3, -0.25) is 0 Å². The van der Waals surface area contributed by atoms with Crippen molar-refractivity contribution in [1.82, 2.24) is 19.9 Å². The van der Waals surface area contributed by atoms with Crippen LogP contribution in [0, 0.1) is 0 Å². The molecule has 0 amide bonds. The van der Waals surface area contributed by atoms with Gasteiger partial charge < -0.3 is 4.98 Å². The number of H-pyrrole nitrogens is 1. The zero-order valence-corrected chi connectivity index (χ0v) is 9.15. The molecule has 0 aliphatic rings. The summed E-state index contributed by atoms with van der Waals surface area (Å²) in [5, 5.41) is 0. The van der Waals surface area contributed by atoms with Crippen LogP contribution in [0.5, 0.6) is 0 Å². The fraction of sp³-hybridized carbons (Fsp3) is 0.364. The van der Waals surface area contributed by atoms with Gasteiger partial charge in [-0.15, -0.1) is 0 Å². The number of aromatic nitrogens is 4. The Balaban J connectivity index is 2.33. The molecule has 0 aromatic carbocycles. The topological polar surface area (TPSA) is 54.5 Å². The highest BCUT2D eigenvalue weighted by molar-refractivity contribution is 5.42. The molecule has 0 bridgehead atoms. The maximum Gasteiger partial charge on any atom is 0.195 e. The van der Waals surface area contributed by atoms with E-state index in [-0.39, 0.29) is 5.41 Å². The van der Waals surface area contributed by atoms with Crippen LogP contribution < -0.4 is 0 Å². The second-order valence-corrected chi connectivity index (χ2v) is 4.48. The molecule has 2 rings (SSSR count). The lowest BCUT2D eigenvalue weighted by Gasteiger charge is -2.17. The van der Waals surface area contributed by atoms with E-state index in [2.05, 4.69) is 40.7 Å². The quantitative estimate of drug-likeness (QED) is 0.771. The summed E-state index contributed by atoms with van der Waals surface area (Å²) in [5.41, 5.74) is 1.21. The minimum absolute atomic E-state index is 0.0850. The van der Waals surface area contributed by atoms with E-state index < -0.39 is 0 Å². The first-order valence-electron chi connectivity index (χ1n) is 4.89. The van der Waals surface area contributed by atoms with Gasteiger partial charge in [0.05, 0.1) is 0 Å². The first kappa shape index (κ1) is 9.83. The summed E-state index contributed by atoms with van der Waals surface area (Å²) >= 11 is 0. The maximum absolute atomic E-state index is 4.28. The van der Waals surface area contributed by atoms with Crippen molar-refractivity contribution in [2.45, 2.75) is 26.2 Å². The second kappa shape index (κ2) is 3.46. The monoisotopic (exact) mass is 202 g/mol. The number of nitrogens with zero attached hydrogens (tertiary/aromatic N) is 3. The van der Waals surface area contributed by atoms with Gasteiger partial charge in [0.1, 0.15) is 0 Å². The molecule has 0 aliphatic carbocycles. The number of hydrogen-bond acceptors (Lipinski definition) is 3. The third-order valence-electron chi connectivity index (χ3n) is 2.23. The van der Waals surface area contributed by atoms with Crippen molar-refractivity contribution >= 4 is 0 Å². The van der Waals surface area contributed by atoms with Gasteiger partial charge in [0.2, 0.25) is 0 Å². The van der Waals surface area contributed by atoms with Crippen LogP contribution in [0.25, 0.3) is 11.6 Å². The smallest absolute Gasteiger partial charge is 0.195 e. The molecule has 0 fully saturated rings. The maximum atomic E-state index is 4.28.